The van der Waals surface area contributed by atoms with E-state index in [0.717, 1.165) is 37.8 Å². The van der Waals surface area contributed by atoms with Crippen molar-refractivity contribution >= 4 is 5.97 Å². The van der Waals surface area contributed by atoms with Gasteiger partial charge in [0.05, 0.1) is 5.56 Å². The molecule has 3 nitrogen and oxygen atoms in total. The first kappa shape index (κ1) is 25.1. The summed E-state index contributed by atoms with van der Waals surface area (Å²) in [5.74, 6) is -7.04. The van der Waals surface area contributed by atoms with Gasteiger partial charge in [-0.1, -0.05) is 6.08 Å². The molecule has 0 spiro atoms. The van der Waals surface area contributed by atoms with Gasteiger partial charge >= 0.3 is 12.6 Å². The lowest BCUT2D eigenvalue weighted by Gasteiger charge is -2.41. The third kappa shape index (κ3) is 5.49. The van der Waals surface area contributed by atoms with Gasteiger partial charge in [-0.2, -0.15) is 8.78 Å². The Morgan fingerprint density at radius 2 is 1.49 bits per heavy atom. The highest BCUT2D eigenvalue weighted by molar-refractivity contribution is 5.91. The second-order valence-electron chi connectivity index (χ2n) is 9.18. The number of hydrogen-bond donors (Lipinski definition) is 0. The van der Waals surface area contributed by atoms with Crippen LogP contribution in [0.5, 0.6) is 11.5 Å². The summed E-state index contributed by atoms with van der Waals surface area (Å²) in [6, 6.07) is 2.59. The lowest BCUT2D eigenvalue weighted by Crippen LogP contribution is -2.30. The number of halogens is 6. The molecule has 0 saturated heterocycles. The maximum atomic E-state index is 15.0. The van der Waals surface area contributed by atoms with E-state index in [0.29, 0.717) is 42.7 Å². The average molecular weight is 498 g/mol. The van der Waals surface area contributed by atoms with Gasteiger partial charge in [0.15, 0.2) is 17.4 Å². The Morgan fingerprint density at radius 3 is 2.09 bits per heavy atom. The van der Waals surface area contributed by atoms with Crippen molar-refractivity contribution in [2.75, 3.05) is 0 Å². The Bertz CT molecular complexity index is 1070. The zero-order valence-corrected chi connectivity index (χ0v) is 18.7. The topological polar surface area (TPSA) is 35.5 Å². The Hall–Kier alpha value is -2.97. The molecule has 2 aromatic rings. The summed E-state index contributed by atoms with van der Waals surface area (Å²) in [7, 11) is 0. The van der Waals surface area contributed by atoms with E-state index in [1.54, 1.807) is 0 Å². The van der Waals surface area contributed by atoms with Crippen molar-refractivity contribution < 1.29 is 40.6 Å². The number of rotatable bonds is 6. The first-order valence-corrected chi connectivity index (χ1v) is 11.4. The number of ether oxygens (including phenoxy) is 2. The summed E-state index contributed by atoms with van der Waals surface area (Å²) in [4.78, 5) is 12.4. The van der Waals surface area contributed by atoms with Gasteiger partial charge < -0.3 is 9.47 Å². The van der Waals surface area contributed by atoms with Gasteiger partial charge in [0.25, 0.3) is 0 Å². The number of carbonyl (C=O) groups excluding carboxylic acids is 1. The lowest BCUT2D eigenvalue weighted by molar-refractivity contribution is -0.0547. The largest absolute Gasteiger partial charge is 0.429 e. The number of hydrogen-bond acceptors (Lipinski definition) is 3. The molecule has 4 unspecified atom stereocenters. The standard InChI is InChI=1S/C26H24F6O3/c1-2-13-3-4-15-8-16(6-5-14(15)7-13)23-19(27)9-17(10-20(23)28)25(33)34-18-11-21(29)24(22(30)12-18)35-26(31)32/h2,9-16,26H,1,3-8H2. The van der Waals surface area contributed by atoms with Crippen LogP contribution in [0.3, 0.4) is 0 Å². The third-order valence-corrected chi connectivity index (χ3v) is 7.10. The highest BCUT2D eigenvalue weighted by atomic mass is 19.3. The van der Waals surface area contributed by atoms with E-state index in [2.05, 4.69) is 11.3 Å². The van der Waals surface area contributed by atoms with Gasteiger partial charge in [-0.05, 0) is 74.3 Å². The van der Waals surface area contributed by atoms with Crippen molar-refractivity contribution in [3.8, 4) is 11.5 Å². The third-order valence-electron chi connectivity index (χ3n) is 7.10. The SMILES string of the molecule is C=CC1CCC2CC(c3c(F)cc(C(=O)Oc4cc(F)c(OC(F)F)c(F)c4)cc3F)CCC2C1. The molecule has 0 aliphatic heterocycles. The predicted molar refractivity (Wildman–Crippen MR) is 115 cm³/mol. The van der Waals surface area contributed by atoms with E-state index in [9.17, 15) is 31.1 Å². The summed E-state index contributed by atoms with van der Waals surface area (Å²) in [6.45, 7) is 0.408. The van der Waals surface area contributed by atoms with Crippen molar-refractivity contribution in [2.45, 2.75) is 51.1 Å². The molecule has 0 N–H and O–H groups in total. The van der Waals surface area contributed by atoms with Crippen LogP contribution in [0, 0.1) is 41.0 Å². The molecule has 2 aliphatic carbocycles. The Morgan fingerprint density at radius 1 is 0.886 bits per heavy atom. The van der Waals surface area contributed by atoms with Crippen molar-refractivity contribution in [1.29, 1.82) is 0 Å². The summed E-state index contributed by atoms with van der Waals surface area (Å²) in [6.07, 6.45) is 7.20. The summed E-state index contributed by atoms with van der Waals surface area (Å²) >= 11 is 0. The van der Waals surface area contributed by atoms with Crippen LogP contribution in [0.4, 0.5) is 26.3 Å². The monoisotopic (exact) mass is 498 g/mol. The Kier molecular flexibility index (Phi) is 7.42. The molecule has 0 radical (unpaired) electrons. The molecule has 4 atom stereocenters. The molecular formula is C26H24F6O3. The first-order chi connectivity index (χ1) is 16.7. The van der Waals surface area contributed by atoms with E-state index >= 15 is 0 Å². The van der Waals surface area contributed by atoms with E-state index in [-0.39, 0.29) is 11.5 Å². The minimum absolute atomic E-state index is 0.0727. The van der Waals surface area contributed by atoms with Gasteiger partial charge in [0.2, 0.25) is 0 Å². The van der Waals surface area contributed by atoms with Crippen LogP contribution in [-0.4, -0.2) is 12.6 Å². The van der Waals surface area contributed by atoms with Crippen molar-refractivity contribution in [3.05, 3.63) is 71.3 Å². The second-order valence-corrected chi connectivity index (χ2v) is 9.18. The molecule has 4 rings (SSSR count). The fourth-order valence-electron chi connectivity index (χ4n) is 5.46. The van der Waals surface area contributed by atoms with Crippen LogP contribution in [0.25, 0.3) is 0 Å². The van der Waals surface area contributed by atoms with Crippen molar-refractivity contribution in [2.24, 2.45) is 17.8 Å². The molecule has 2 aliphatic rings. The fraction of sp³-hybridized carbons (Fsp3) is 0.423. The molecule has 2 fully saturated rings. The van der Waals surface area contributed by atoms with Crippen LogP contribution in [0.2, 0.25) is 0 Å². The lowest BCUT2D eigenvalue weighted by atomic mass is 9.64. The van der Waals surface area contributed by atoms with Gasteiger partial charge in [0, 0.05) is 17.7 Å². The molecule has 2 saturated carbocycles. The quantitative estimate of drug-likeness (QED) is 0.179. The maximum Gasteiger partial charge on any atom is 0.387 e. The van der Waals surface area contributed by atoms with E-state index in [1.807, 2.05) is 6.08 Å². The second kappa shape index (κ2) is 10.3. The molecule has 35 heavy (non-hydrogen) atoms. The number of allylic oxidation sites excluding steroid dienone is 1. The highest BCUT2D eigenvalue weighted by Crippen LogP contribution is 2.48. The van der Waals surface area contributed by atoms with Gasteiger partial charge in [-0.25, -0.2) is 22.4 Å². The number of alkyl halides is 2. The number of esters is 1. The summed E-state index contributed by atoms with van der Waals surface area (Å²) in [5, 5.41) is 0. The number of carbonyl (C=O) groups is 1. The molecule has 0 amide bonds. The molecule has 188 valence electrons. The van der Waals surface area contributed by atoms with Gasteiger partial charge in [-0.15, -0.1) is 6.58 Å². The molecule has 0 heterocycles. The van der Waals surface area contributed by atoms with Crippen molar-refractivity contribution in [3.63, 3.8) is 0 Å². The van der Waals surface area contributed by atoms with Crippen LogP contribution in [-0.2, 0) is 0 Å². The molecule has 2 aromatic carbocycles. The van der Waals surface area contributed by atoms with Crippen molar-refractivity contribution in [1.82, 2.24) is 0 Å². The van der Waals surface area contributed by atoms with Crippen LogP contribution < -0.4 is 9.47 Å². The van der Waals surface area contributed by atoms with Gasteiger partial charge in [0.1, 0.15) is 17.4 Å². The zero-order chi connectivity index (χ0) is 25.3. The van der Waals surface area contributed by atoms with Crippen LogP contribution in [0.15, 0.2) is 36.9 Å². The van der Waals surface area contributed by atoms with Crippen LogP contribution in [0.1, 0.15) is 60.4 Å². The average Bonchev–Trinajstić information content (AvgIpc) is 2.80. The fourth-order valence-corrected chi connectivity index (χ4v) is 5.46. The van der Waals surface area contributed by atoms with Crippen LogP contribution >= 0.6 is 0 Å². The smallest absolute Gasteiger partial charge is 0.387 e. The summed E-state index contributed by atoms with van der Waals surface area (Å²) < 4.78 is 90.7. The highest BCUT2D eigenvalue weighted by Gasteiger charge is 2.37. The minimum Gasteiger partial charge on any atom is -0.429 e. The first-order valence-electron chi connectivity index (χ1n) is 11.4. The summed E-state index contributed by atoms with van der Waals surface area (Å²) in [5.41, 5.74) is -0.561. The Balaban J connectivity index is 1.48. The molecule has 9 heteroatoms. The number of fused-ring (bicyclic) bond motifs is 1. The van der Waals surface area contributed by atoms with E-state index in [4.69, 9.17) is 4.74 Å². The zero-order valence-electron chi connectivity index (χ0n) is 18.7. The Labute approximate surface area is 198 Å². The number of benzene rings is 2. The normalized spacial score (nSPS) is 24.1. The van der Waals surface area contributed by atoms with E-state index in [1.165, 1.54) is 0 Å². The molecule has 0 bridgehead atoms. The minimum atomic E-state index is -3.46. The van der Waals surface area contributed by atoms with E-state index < -0.39 is 52.9 Å². The maximum absolute atomic E-state index is 15.0. The molecular weight excluding hydrogens is 474 g/mol. The predicted octanol–water partition coefficient (Wildman–Crippen LogP) is 7.55. The van der Waals surface area contributed by atoms with Gasteiger partial charge in [-0.3, -0.25) is 0 Å². The molecule has 0 aromatic heterocycles.